The van der Waals surface area contributed by atoms with Gasteiger partial charge in [-0.3, -0.25) is 4.79 Å². The molecule has 0 spiro atoms. The first-order valence-corrected chi connectivity index (χ1v) is 8.05. The van der Waals surface area contributed by atoms with Crippen LogP contribution in [-0.2, 0) is 11.3 Å². The molecule has 0 saturated heterocycles. The molecule has 1 aromatic rings. The second-order valence-electron chi connectivity index (χ2n) is 5.41. The van der Waals surface area contributed by atoms with Crippen molar-refractivity contribution < 1.29 is 14.3 Å². The van der Waals surface area contributed by atoms with Gasteiger partial charge in [0.05, 0.1) is 13.7 Å². The van der Waals surface area contributed by atoms with Gasteiger partial charge in [-0.25, -0.2) is 0 Å². The zero-order valence-electron chi connectivity index (χ0n) is 14.4. The molecule has 0 aliphatic rings. The summed E-state index contributed by atoms with van der Waals surface area (Å²) in [7, 11) is 3.68. The molecule has 0 atom stereocenters. The van der Waals surface area contributed by atoms with Crippen LogP contribution in [0.2, 0.25) is 0 Å². The standard InChI is InChI=1S/C17H29N3O3/c1-4-19-17(21)6-5-11-23-15-8-7-14(16(12-15)22-3)13-20(2)10-9-18/h7-8,12H,4-6,9-11,13,18H2,1-3H3,(H,19,21). The van der Waals surface area contributed by atoms with Crippen LogP contribution in [0.25, 0.3) is 0 Å². The van der Waals surface area contributed by atoms with Crippen LogP contribution in [0, 0.1) is 0 Å². The zero-order chi connectivity index (χ0) is 17.1. The Morgan fingerprint density at radius 3 is 2.83 bits per heavy atom. The topological polar surface area (TPSA) is 76.8 Å². The van der Waals surface area contributed by atoms with E-state index in [4.69, 9.17) is 15.2 Å². The van der Waals surface area contributed by atoms with Gasteiger partial charge in [-0.15, -0.1) is 0 Å². The summed E-state index contributed by atoms with van der Waals surface area (Å²) in [6.45, 7) is 5.32. The van der Waals surface area contributed by atoms with Crippen LogP contribution in [0.4, 0.5) is 0 Å². The highest BCUT2D eigenvalue weighted by molar-refractivity contribution is 5.75. The van der Waals surface area contributed by atoms with Crippen molar-refractivity contribution in [2.75, 3.05) is 40.4 Å². The molecule has 0 heterocycles. The number of rotatable bonds is 11. The third kappa shape index (κ3) is 7.34. The van der Waals surface area contributed by atoms with E-state index in [9.17, 15) is 4.79 Å². The van der Waals surface area contributed by atoms with Gasteiger partial charge in [-0.05, 0) is 26.5 Å². The minimum Gasteiger partial charge on any atom is -0.496 e. The Kier molecular flexibility index (Phi) is 9.09. The molecule has 6 nitrogen and oxygen atoms in total. The third-order valence-corrected chi connectivity index (χ3v) is 3.40. The minimum atomic E-state index is 0.0620. The summed E-state index contributed by atoms with van der Waals surface area (Å²) in [6, 6.07) is 5.82. The largest absolute Gasteiger partial charge is 0.496 e. The van der Waals surface area contributed by atoms with E-state index < -0.39 is 0 Å². The number of ether oxygens (including phenoxy) is 2. The molecule has 0 aromatic heterocycles. The lowest BCUT2D eigenvalue weighted by Gasteiger charge is -2.18. The highest BCUT2D eigenvalue weighted by atomic mass is 16.5. The molecule has 0 saturated carbocycles. The molecule has 0 aliphatic carbocycles. The van der Waals surface area contributed by atoms with Crippen LogP contribution in [0.15, 0.2) is 18.2 Å². The molecule has 1 amide bonds. The Balaban J connectivity index is 2.50. The quantitative estimate of drug-likeness (QED) is 0.602. The van der Waals surface area contributed by atoms with Crippen LogP contribution in [-0.4, -0.2) is 51.2 Å². The van der Waals surface area contributed by atoms with Gasteiger partial charge in [0.25, 0.3) is 0 Å². The van der Waals surface area contributed by atoms with Crippen LogP contribution < -0.4 is 20.5 Å². The Morgan fingerprint density at radius 1 is 1.39 bits per heavy atom. The van der Waals surface area contributed by atoms with Crippen molar-refractivity contribution in [3.05, 3.63) is 23.8 Å². The van der Waals surface area contributed by atoms with Gasteiger partial charge in [0, 0.05) is 44.2 Å². The van der Waals surface area contributed by atoms with E-state index in [1.165, 1.54) is 0 Å². The van der Waals surface area contributed by atoms with E-state index in [0.29, 0.717) is 32.5 Å². The molecule has 130 valence electrons. The van der Waals surface area contributed by atoms with Gasteiger partial charge in [0.2, 0.25) is 5.91 Å². The molecule has 0 bridgehead atoms. The average Bonchev–Trinajstić information content (AvgIpc) is 2.53. The second-order valence-corrected chi connectivity index (χ2v) is 5.41. The van der Waals surface area contributed by atoms with Crippen molar-refractivity contribution >= 4 is 5.91 Å². The summed E-state index contributed by atoms with van der Waals surface area (Å²) >= 11 is 0. The predicted octanol–water partition coefficient (Wildman–Crippen LogP) is 1.38. The molecule has 1 aromatic carbocycles. The summed E-state index contributed by atoms with van der Waals surface area (Å²) in [5.41, 5.74) is 6.66. The van der Waals surface area contributed by atoms with Crippen LogP contribution in [0.3, 0.4) is 0 Å². The maximum absolute atomic E-state index is 11.4. The van der Waals surface area contributed by atoms with Crippen molar-refractivity contribution in [2.24, 2.45) is 5.73 Å². The SMILES string of the molecule is CCNC(=O)CCCOc1ccc(CN(C)CCN)c(OC)c1. The van der Waals surface area contributed by atoms with Gasteiger partial charge >= 0.3 is 0 Å². The molecule has 23 heavy (non-hydrogen) atoms. The maximum Gasteiger partial charge on any atom is 0.220 e. The van der Waals surface area contributed by atoms with E-state index in [1.54, 1.807) is 7.11 Å². The lowest BCUT2D eigenvalue weighted by Crippen LogP contribution is -2.25. The maximum atomic E-state index is 11.4. The van der Waals surface area contributed by atoms with Crippen LogP contribution in [0.1, 0.15) is 25.3 Å². The fraction of sp³-hybridized carbons (Fsp3) is 0.588. The lowest BCUT2D eigenvalue weighted by atomic mass is 10.1. The predicted molar refractivity (Wildman–Crippen MR) is 91.8 cm³/mol. The summed E-state index contributed by atoms with van der Waals surface area (Å²) in [6.07, 6.45) is 1.17. The molecule has 0 aliphatic heterocycles. The van der Waals surface area contributed by atoms with E-state index in [2.05, 4.69) is 10.2 Å². The van der Waals surface area contributed by atoms with Gasteiger partial charge in [0.1, 0.15) is 11.5 Å². The number of likely N-dealkylation sites (N-methyl/N-ethyl adjacent to an activating group) is 1. The molecule has 3 N–H and O–H groups in total. The van der Waals surface area contributed by atoms with Crippen LogP contribution >= 0.6 is 0 Å². The molecular weight excluding hydrogens is 294 g/mol. The number of methoxy groups -OCH3 is 1. The number of nitrogens with zero attached hydrogens (tertiary/aromatic N) is 1. The second kappa shape index (κ2) is 10.9. The highest BCUT2D eigenvalue weighted by Gasteiger charge is 2.08. The summed E-state index contributed by atoms with van der Waals surface area (Å²) < 4.78 is 11.1. The molecule has 0 radical (unpaired) electrons. The number of amides is 1. The number of benzene rings is 1. The first-order chi connectivity index (χ1) is 11.1. The Labute approximate surface area is 138 Å². The van der Waals surface area contributed by atoms with Crippen molar-refractivity contribution in [3.63, 3.8) is 0 Å². The van der Waals surface area contributed by atoms with E-state index in [0.717, 1.165) is 30.2 Å². The van der Waals surface area contributed by atoms with E-state index in [1.807, 2.05) is 32.2 Å². The Bertz CT molecular complexity index is 480. The third-order valence-electron chi connectivity index (χ3n) is 3.40. The zero-order valence-corrected chi connectivity index (χ0v) is 14.4. The van der Waals surface area contributed by atoms with E-state index in [-0.39, 0.29) is 5.91 Å². The molecular formula is C17H29N3O3. The van der Waals surface area contributed by atoms with Gasteiger partial charge < -0.3 is 25.4 Å². The van der Waals surface area contributed by atoms with Gasteiger partial charge in [-0.1, -0.05) is 6.07 Å². The van der Waals surface area contributed by atoms with Crippen LogP contribution in [0.5, 0.6) is 11.5 Å². The van der Waals surface area contributed by atoms with Crippen molar-refractivity contribution in [2.45, 2.75) is 26.3 Å². The minimum absolute atomic E-state index is 0.0620. The van der Waals surface area contributed by atoms with Gasteiger partial charge in [0.15, 0.2) is 0 Å². The number of nitrogens with one attached hydrogen (secondary N) is 1. The Morgan fingerprint density at radius 2 is 2.17 bits per heavy atom. The molecule has 0 unspecified atom stereocenters. The monoisotopic (exact) mass is 323 g/mol. The first-order valence-electron chi connectivity index (χ1n) is 8.05. The summed E-state index contributed by atoms with van der Waals surface area (Å²) in [5.74, 6) is 1.62. The number of hydrogen-bond donors (Lipinski definition) is 2. The fourth-order valence-corrected chi connectivity index (χ4v) is 2.24. The summed E-state index contributed by atoms with van der Waals surface area (Å²) in [5, 5.41) is 2.77. The number of carbonyl (C=O) groups excluding carboxylic acids is 1. The van der Waals surface area contributed by atoms with E-state index >= 15 is 0 Å². The van der Waals surface area contributed by atoms with Crippen molar-refractivity contribution in [1.29, 1.82) is 0 Å². The smallest absolute Gasteiger partial charge is 0.220 e. The molecule has 1 rings (SSSR count). The van der Waals surface area contributed by atoms with Crippen molar-refractivity contribution in [3.8, 4) is 11.5 Å². The normalized spacial score (nSPS) is 10.7. The number of nitrogens with two attached hydrogens (primary N) is 1. The molecule has 0 fully saturated rings. The average molecular weight is 323 g/mol. The van der Waals surface area contributed by atoms with Crippen molar-refractivity contribution in [1.82, 2.24) is 10.2 Å². The van der Waals surface area contributed by atoms with Gasteiger partial charge in [-0.2, -0.15) is 0 Å². The number of hydrogen-bond acceptors (Lipinski definition) is 5. The first kappa shape index (κ1) is 19.3. The fourth-order valence-electron chi connectivity index (χ4n) is 2.24. The lowest BCUT2D eigenvalue weighted by molar-refractivity contribution is -0.121. The molecule has 6 heteroatoms. The number of carbonyl (C=O) groups is 1. The highest BCUT2D eigenvalue weighted by Crippen LogP contribution is 2.25. The summed E-state index contributed by atoms with van der Waals surface area (Å²) in [4.78, 5) is 13.5. The Hall–Kier alpha value is -1.79.